The Morgan fingerprint density at radius 1 is 0.574 bits per heavy atom. The lowest BCUT2D eigenvalue weighted by molar-refractivity contribution is -0.139. The quantitative estimate of drug-likeness (QED) is 0.0425. The lowest BCUT2D eigenvalue weighted by Crippen LogP contribution is -2.43. The third kappa shape index (κ3) is 19.7. The molecule has 18 heteroatoms. The van der Waals surface area contributed by atoms with E-state index >= 15 is 0 Å². The van der Waals surface area contributed by atoms with E-state index < -0.39 is 5.97 Å². The van der Waals surface area contributed by atoms with Crippen molar-refractivity contribution in [3.63, 3.8) is 0 Å². The molecule has 0 aliphatic heterocycles. The molecule has 2 aliphatic carbocycles. The first-order valence-corrected chi connectivity index (χ1v) is 24.6. The summed E-state index contributed by atoms with van der Waals surface area (Å²) in [6.07, 6.45) is 13.9. The van der Waals surface area contributed by atoms with Crippen LogP contribution in [0.25, 0.3) is 28.6 Å². The summed E-state index contributed by atoms with van der Waals surface area (Å²) >= 11 is 0. The predicted molar refractivity (Wildman–Crippen MR) is 256 cm³/mol. The van der Waals surface area contributed by atoms with Gasteiger partial charge < -0.3 is 51.9 Å². The second kappa shape index (κ2) is 32.7. The van der Waals surface area contributed by atoms with Crippen molar-refractivity contribution >= 4 is 29.0 Å². The number of esters is 1. The van der Waals surface area contributed by atoms with Crippen LogP contribution < -0.4 is 11.2 Å². The van der Waals surface area contributed by atoms with E-state index in [9.17, 15) is 19.2 Å². The standard InChI is InChI=1S/C50H76N4O14/c1-40(55)37-52-46-48(53(38-42-9-5-3-6-10-42)50(58)54(49(46)57)39-43-11-7-4-8-12-43)51-47(52)44-16-13-41(14-17-44)15-18-45(56)68-36-35-67-34-33-66-32-31-65-30-29-64-28-27-63-26-25-62-24-23-61-22-21-60-20-19-59-2/h13-18,42-43H,3-12,19-39H2,1-2H3. The van der Waals surface area contributed by atoms with Crippen LogP contribution in [-0.4, -0.2) is 156 Å². The van der Waals surface area contributed by atoms with E-state index in [4.69, 9.17) is 52.4 Å². The average Bonchev–Trinajstić information content (AvgIpc) is 3.72. The molecule has 0 saturated heterocycles. The van der Waals surface area contributed by atoms with Crippen molar-refractivity contribution in [3.8, 4) is 11.4 Å². The lowest BCUT2D eigenvalue weighted by atomic mass is 9.89. The number of imidazole rings is 1. The molecule has 3 aromatic rings. The van der Waals surface area contributed by atoms with E-state index in [1.807, 2.05) is 24.3 Å². The predicted octanol–water partition coefficient (Wildman–Crippen LogP) is 5.11. The Bertz CT molecular complexity index is 2040. The molecule has 0 amide bonds. The number of hydrogen-bond donors (Lipinski definition) is 0. The summed E-state index contributed by atoms with van der Waals surface area (Å²) in [4.78, 5) is 58.6. The smallest absolute Gasteiger partial charge is 0.332 e. The molecule has 2 fully saturated rings. The van der Waals surface area contributed by atoms with Crippen molar-refractivity contribution in [2.45, 2.75) is 90.8 Å². The molecule has 0 atom stereocenters. The molecule has 1 aromatic carbocycles. The highest BCUT2D eigenvalue weighted by Gasteiger charge is 2.27. The number of ketones is 1. The van der Waals surface area contributed by atoms with Gasteiger partial charge >= 0.3 is 11.7 Å². The summed E-state index contributed by atoms with van der Waals surface area (Å²) in [5.41, 5.74) is 1.35. The molecule has 0 bridgehead atoms. The molecule has 18 nitrogen and oxygen atoms in total. The summed E-state index contributed by atoms with van der Waals surface area (Å²) in [5, 5.41) is 0. The van der Waals surface area contributed by atoms with Crippen LogP contribution in [0, 0.1) is 11.8 Å². The Morgan fingerprint density at radius 3 is 1.44 bits per heavy atom. The van der Waals surface area contributed by atoms with E-state index in [0.717, 1.165) is 56.9 Å². The fourth-order valence-corrected chi connectivity index (χ4v) is 8.41. The van der Waals surface area contributed by atoms with Gasteiger partial charge in [-0.3, -0.25) is 18.7 Å². The molecule has 2 aromatic heterocycles. The van der Waals surface area contributed by atoms with Gasteiger partial charge in [-0.1, -0.05) is 62.8 Å². The Balaban J connectivity index is 0.954. The number of aromatic nitrogens is 4. The number of carbonyl (C=O) groups is 2. The van der Waals surface area contributed by atoms with Gasteiger partial charge in [-0.05, 0) is 56.1 Å². The average molecular weight is 957 g/mol. The Hall–Kier alpha value is -4.11. The molecule has 0 N–H and O–H groups in total. The third-order valence-corrected chi connectivity index (χ3v) is 11.9. The first-order valence-electron chi connectivity index (χ1n) is 24.6. The molecule has 2 heterocycles. The number of benzene rings is 1. The highest BCUT2D eigenvalue weighted by atomic mass is 16.6. The number of methoxy groups -OCH3 is 1. The molecule has 0 radical (unpaired) electrons. The molecule has 0 unspecified atom stereocenters. The number of hydrogen-bond acceptors (Lipinski definition) is 15. The molecule has 380 valence electrons. The molecule has 2 aliphatic rings. The maximum Gasteiger partial charge on any atom is 0.332 e. The van der Waals surface area contributed by atoms with Crippen LogP contribution in [0.1, 0.15) is 76.7 Å². The lowest BCUT2D eigenvalue weighted by Gasteiger charge is -2.25. The van der Waals surface area contributed by atoms with Gasteiger partial charge in [-0.15, -0.1) is 0 Å². The van der Waals surface area contributed by atoms with Crippen molar-refractivity contribution < 1.29 is 57.0 Å². The molecule has 5 rings (SSSR count). The van der Waals surface area contributed by atoms with Crippen molar-refractivity contribution in [1.29, 1.82) is 0 Å². The highest BCUT2D eigenvalue weighted by molar-refractivity contribution is 5.87. The SMILES string of the molecule is COCCOCCOCCOCCOCCOCCOCCOCCOCCOC(=O)C=Cc1ccc(-c2nc3c(c(=O)n(CC4CCCCC4)c(=O)n3CC3CCCCC3)n2CC(C)=O)cc1. The minimum absolute atomic E-state index is 0.0508. The van der Waals surface area contributed by atoms with Crippen molar-refractivity contribution in [3.05, 3.63) is 56.7 Å². The van der Waals surface area contributed by atoms with Crippen LogP contribution in [0.4, 0.5) is 0 Å². The first-order chi connectivity index (χ1) is 33.4. The van der Waals surface area contributed by atoms with Crippen molar-refractivity contribution in [2.24, 2.45) is 11.8 Å². The number of ether oxygens (including phenoxy) is 10. The maximum atomic E-state index is 14.3. The number of fused-ring (bicyclic) bond motifs is 1. The first kappa shape index (κ1) is 54.8. The zero-order valence-corrected chi connectivity index (χ0v) is 40.5. The Morgan fingerprint density at radius 2 is 1.00 bits per heavy atom. The Labute approximate surface area is 400 Å². The molecule has 0 spiro atoms. The summed E-state index contributed by atoms with van der Waals surface area (Å²) < 4.78 is 58.7. The van der Waals surface area contributed by atoms with Gasteiger partial charge in [0.25, 0.3) is 5.56 Å². The van der Waals surface area contributed by atoms with E-state index in [0.29, 0.717) is 147 Å². The van der Waals surface area contributed by atoms with Gasteiger partial charge in [0.15, 0.2) is 11.2 Å². The molecule has 68 heavy (non-hydrogen) atoms. The van der Waals surface area contributed by atoms with Crippen molar-refractivity contribution in [2.75, 3.05) is 126 Å². The number of rotatable bonds is 36. The van der Waals surface area contributed by atoms with Crippen LogP contribution in [-0.2, 0) is 76.6 Å². The van der Waals surface area contributed by atoms with Crippen LogP contribution >= 0.6 is 0 Å². The van der Waals surface area contributed by atoms with Gasteiger partial charge in [0.2, 0.25) is 0 Å². The normalized spacial score (nSPS) is 15.0. The van der Waals surface area contributed by atoms with E-state index in [1.165, 1.54) is 30.4 Å². The molecular weight excluding hydrogens is 881 g/mol. The third-order valence-electron chi connectivity index (χ3n) is 11.9. The summed E-state index contributed by atoms with van der Waals surface area (Å²) in [6, 6.07) is 7.34. The monoisotopic (exact) mass is 957 g/mol. The number of Topliss-reactive ketones (excluding diaryl/α,β-unsaturated/α-hetero) is 1. The van der Waals surface area contributed by atoms with Crippen LogP contribution in [0.15, 0.2) is 39.9 Å². The fraction of sp³-hybridized carbons (Fsp3) is 0.700. The van der Waals surface area contributed by atoms with Gasteiger partial charge in [-0.25, -0.2) is 14.6 Å². The maximum absolute atomic E-state index is 14.3. The van der Waals surface area contributed by atoms with Crippen LogP contribution in [0.3, 0.4) is 0 Å². The van der Waals surface area contributed by atoms with E-state index in [-0.39, 0.29) is 42.7 Å². The van der Waals surface area contributed by atoms with E-state index in [2.05, 4.69) is 0 Å². The zero-order valence-electron chi connectivity index (χ0n) is 40.5. The van der Waals surface area contributed by atoms with Gasteiger partial charge in [0, 0.05) is 31.8 Å². The van der Waals surface area contributed by atoms with Crippen molar-refractivity contribution in [1.82, 2.24) is 18.7 Å². The van der Waals surface area contributed by atoms with Gasteiger partial charge in [0.1, 0.15) is 18.2 Å². The number of nitrogens with zero attached hydrogens (tertiary/aromatic N) is 4. The van der Waals surface area contributed by atoms with Crippen LogP contribution in [0.2, 0.25) is 0 Å². The minimum Gasteiger partial charge on any atom is -0.460 e. The van der Waals surface area contributed by atoms with Gasteiger partial charge in [-0.2, -0.15) is 0 Å². The topological polar surface area (TPSA) is 188 Å². The number of carbonyl (C=O) groups excluding carboxylic acids is 2. The molecular formula is C50H76N4O14. The van der Waals surface area contributed by atoms with Gasteiger partial charge in [0.05, 0.1) is 119 Å². The zero-order chi connectivity index (χ0) is 48.0. The second-order valence-electron chi connectivity index (χ2n) is 17.2. The summed E-state index contributed by atoms with van der Waals surface area (Å²) in [5.74, 6) is 0.398. The fourth-order valence-electron chi connectivity index (χ4n) is 8.41. The largest absolute Gasteiger partial charge is 0.460 e. The molecule has 2 saturated carbocycles. The minimum atomic E-state index is -0.509. The van der Waals surface area contributed by atoms with Crippen LogP contribution in [0.5, 0.6) is 0 Å². The van der Waals surface area contributed by atoms with E-state index in [1.54, 1.807) is 22.3 Å². The summed E-state index contributed by atoms with van der Waals surface area (Å²) in [6.45, 7) is 10.3. The second-order valence-corrected chi connectivity index (χ2v) is 17.2. The Kier molecular flexibility index (Phi) is 26.3. The highest BCUT2D eigenvalue weighted by Crippen LogP contribution is 2.29. The summed E-state index contributed by atoms with van der Waals surface area (Å²) in [7, 11) is 1.64.